The van der Waals surface area contributed by atoms with E-state index in [-0.39, 0.29) is 12.1 Å². The van der Waals surface area contributed by atoms with Crippen LogP contribution < -0.4 is 10.8 Å². The summed E-state index contributed by atoms with van der Waals surface area (Å²) in [6.45, 7) is 6.61. The number of nitrogens with one attached hydrogen (secondary N) is 2. The lowest BCUT2D eigenvalue weighted by Crippen LogP contribution is -2.36. The van der Waals surface area contributed by atoms with E-state index in [0.717, 1.165) is 12.5 Å². The van der Waals surface area contributed by atoms with Gasteiger partial charge in [0.2, 0.25) is 0 Å². The minimum Gasteiger partial charge on any atom is -0.444 e. The van der Waals surface area contributed by atoms with Crippen LogP contribution in [0.4, 0.5) is 10.6 Å². The lowest BCUT2D eigenvalue weighted by atomic mass is 10.2. The van der Waals surface area contributed by atoms with E-state index >= 15 is 0 Å². The lowest BCUT2D eigenvalue weighted by molar-refractivity contribution is -0.124. The molecular formula is C17H23ClN4O4. The number of likely N-dealkylation sites (tertiary alicyclic amines) is 1. The van der Waals surface area contributed by atoms with Crippen LogP contribution in [0.1, 0.15) is 32.8 Å². The van der Waals surface area contributed by atoms with E-state index < -0.39 is 11.5 Å². The standard InChI is InChI=1S/C17H23ClN4O4/c1-17(2,3)26-16(24)22-7-6-12(10-22)20-15-13(18)8-11(9-19-15)4-5-14(23)21-25/h4-5,8-9,12,25H,6-7,10H2,1-3H3,(H,19,20)(H,21,23)/b5-4+/t12-/m1/s1. The number of carbonyl (C=O) groups excluding carboxylic acids is 2. The SMILES string of the molecule is CC(C)(C)OC(=O)N1CC[C@@H](Nc2ncc(/C=C/C(=O)NO)cc2Cl)C1. The Morgan fingerprint density at radius 1 is 1.46 bits per heavy atom. The van der Waals surface area contributed by atoms with E-state index in [1.807, 2.05) is 20.8 Å². The van der Waals surface area contributed by atoms with Gasteiger partial charge in [-0.25, -0.2) is 15.3 Å². The fourth-order valence-electron chi connectivity index (χ4n) is 2.42. The minimum absolute atomic E-state index is 0.0223. The Kier molecular flexibility index (Phi) is 6.44. The number of aromatic nitrogens is 1. The molecule has 1 aliphatic rings. The number of pyridine rings is 1. The molecule has 1 aromatic rings. The van der Waals surface area contributed by atoms with E-state index in [0.29, 0.717) is 29.5 Å². The third-order valence-electron chi connectivity index (χ3n) is 3.58. The van der Waals surface area contributed by atoms with Crippen molar-refractivity contribution in [2.75, 3.05) is 18.4 Å². The van der Waals surface area contributed by atoms with Crippen LogP contribution >= 0.6 is 11.6 Å². The Hall–Kier alpha value is -2.32. The van der Waals surface area contributed by atoms with Crippen molar-refractivity contribution >= 4 is 35.5 Å². The average Bonchev–Trinajstić information content (AvgIpc) is 3.02. The Balaban J connectivity index is 1.94. The molecule has 142 valence electrons. The van der Waals surface area contributed by atoms with Gasteiger partial charge >= 0.3 is 6.09 Å². The van der Waals surface area contributed by atoms with Crippen LogP contribution in [0.25, 0.3) is 6.08 Å². The van der Waals surface area contributed by atoms with Gasteiger partial charge < -0.3 is 15.0 Å². The van der Waals surface area contributed by atoms with Crippen LogP contribution in [0, 0.1) is 0 Å². The van der Waals surface area contributed by atoms with Crippen LogP contribution in [0.15, 0.2) is 18.3 Å². The largest absolute Gasteiger partial charge is 0.444 e. The van der Waals surface area contributed by atoms with E-state index in [4.69, 9.17) is 21.5 Å². The van der Waals surface area contributed by atoms with Gasteiger partial charge in [-0.2, -0.15) is 0 Å². The number of anilines is 1. The Bertz CT molecular complexity index is 702. The van der Waals surface area contributed by atoms with Crippen molar-refractivity contribution in [3.63, 3.8) is 0 Å². The highest BCUT2D eigenvalue weighted by Crippen LogP contribution is 2.24. The van der Waals surface area contributed by atoms with Crippen LogP contribution in [0.5, 0.6) is 0 Å². The normalized spacial score (nSPS) is 17.4. The maximum Gasteiger partial charge on any atom is 0.410 e. The molecule has 0 bridgehead atoms. The van der Waals surface area contributed by atoms with Crippen LogP contribution in [0.3, 0.4) is 0 Å². The molecule has 0 aliphatic carbocycles. The predicted molar refractivity (Wildman–Crippen MR) is 98.0 cm³/mol. The molecule has 8 nitrogen and oxygen atoms in total. The number of hydrogen-bond acceptors (Lipinski definition) is 6. The van der Waals surface area contributed by atoms with Crippen molar-refractivity contribution in [1.29, 1.82) is 0 Å². The molecule has 0 radical (unpaired) electrons. The van der Waals surface area contributed by atoms with Gasteiger partial charge in [0.15, 0.2) is 0 Å². The summed E-state index contributed by atoms with van der Waals surface area (Å²) >= 11 is 6.23. The molecule has 0 aromatic carbocycles. The van der Waals surface area contributed by atoms with Crippen LogP contribution in [-0.2, 0) is 9.53 Å². The zero-order valence-electron chi connectivity index (χ0n) is 15.0. The first-order chi connectivity index (χ1) is 12.2. The fraction of sp³-hybridized carbons (Fsp3) is 0.471. The Morgan fingerprint density at radius 3 is 2.81 bits per heavy atom. The predicted octanol–water partition coefficient (Wildman–Crippen LogP) is 2.67. The van der Waals surface area contributed by atoms with Crippen molar-refractivity contribution < 1.29 is 19.5 Å². The highest BCUT2D eigenvalue weighted by molar-refractivity contribution is 6.33. The van der Waals surface area contributed by atoms with E-state index in [1.165, 1.54) is 11.6 Å². The number of carbonyl (C=O) groups is 2. The number of amides is 2. The third-order valence-corrected chi connectivity index (χ3v) is 3.87. The Labute approximate surface area is 157 Å². The van der Waals surface area contributed by atoms with Crippen molar-refractivity contribution in [2.45, 2.75) is 38.8 Å². The second-order valence-electron chi connectivity index (χ2n) is 6.96. The fourth-order valence-corrected chi connectivity index (χ4v) is 2.65. The number of halogens is 1. The topological polar surface area (TPSA) is 104 Å². The van der Waals surface area contributed by atoms with E-state index in [9.17, 15) is 9.59 Å². The van der Waals surface area contributed by atoms with Gasteiger partial charge in [0, 0.05) is 31.4 Å². The monoisotopic (exact) mass is 382 g/mol. The second-order valence-corrected chi connectivity index (χ2v) is 7.37. The molecule has 2 rings (SSSR count). The van der Waals surface area contributed by atoms with Crippen molar-refractivity contribution in [2.24, 2.45) is 0 Å². The lowest BCUT2D eigenvalue weighted by Gasteiger charge is -2.24. The summed E-state index contributed by atoms with van der Waals surface area (Å²) in [6.07, 6.45) is 4.62. The van der Waals surface area contributed by atoms with E-state index in [2.05, 4.69) is 10.3 Å². The molecule has 2 heterocycles. The molecule has 1 atom stereocenters. The Morgan fingerprint density at radius 2 is 2.19 bits per heavy atom. The number of ether oxygens (including phenoxy) is 1. The molecule has 1 saturated heterocycles. The first kappa shape index (κ1) is 20.0. The molecule has 2 amide bonds. The first-order valence-corrected chi connectivity index (χ1v) is 8.58. The highest BCUT2D eigenvalue weighted by atomic mass is 35.5. The number of hydrogen-bond donors (Lipinski definition) is 3. The summed E-state index contributed by atoms with van der Waals surface area (Å²) in [6, 6.07) is 1.67. The van der Waals surface area contributed by atoms with Gasteiger partial charge in [0.1, 0.15) is 11.4 Å². The van der Waals surface area contributed by atoms with E-state index in [1.54, 1.807) is 17.2 Å². The third kappa shape index (κ3) is 5.89. The quantitative estimate of drug-likeness (QED) is 0.420. The van der Waals surface area contributed by atoms with Gasteiger partial charge in [0.05, 0.1) is 5.02 Å². The van der Waals surface area contributed by atoms with Gasteiger partial charge in [0.25, 0.3) is 5.91 Å². The smallest absolute Gasteiger partial charge is 0.410 e. The van der Waals surface area contributed by atoms with Gasteiger partial charge in [-0.05, 0) is 44.9 Å². The molecule has 0 saturated carbocycles. The van der Waals surface area contributed by atoms with Crippen molar-refractivity contribution in [1.82, 2.24) is 15.4 Å². The molecular weight excluding hydrogens is 360 g/mol. The molecule has 3 N–H and O–H groups in total. The number of hydroxylamine groups is 1. The van der Waals surface area contributed by atoms with Crippen molar-refractivity contribution in [3.05, 3.63) is 28.9 Å². The zero-order chi connectivity index (χ0) is 19.3. The average molecular weight is 383 g/mol. The summed E-state index contributed by atoms with van der Waals surface area (Å²) in [5, 5.41) is 12.1. The maximum absolute atomic E-state index is 12.1. The maximum atomic E-state index is 12.1. The summed E-state index contributed by atoms with van der Waals surface area (Å²) < 4.78 is 5.37. The summed E-state index contributed by atoms with van der Waals surface area (Å²) in [5.74, 6) is -0.136. The molecule has 1 aromatic heterocycles. The van der Waals surface area contributed by atoms with Crippen molar-refractivity contribution in [3.8, 4) is 0 Å². The minimum atomic E-state index is -0.642. The summed E-state index contributed by atoms with van der Waals surface area (Å²) in [4.78, 5) is 29.0. The number of nitrogens with zero attached hydrogens (tertiary/aromatic N) is 2. The molecule has 0 unspecified atom stereocenters. The van der Waals surface area contributed by atoms with Gasteiger partial charge in [-0.15, -0.1) is 0 Å². The van der Waals surface area contributed by atoms with Gasteiger partial charge in [-0.1, -0.05) is 11.6 Å². The van der Waals surface area contributed by atoms with Crippen LogP contribution in [-0.4, -0.2) is 51.8 Å². The molecule has 9 heteroatoms. The molecule has 0 spiro atoms. The molecule has 1 aliphatic heterocycles. The first-order valence-electron chi connectivity index (χ1n) is 8.20. The summed E-state index contributed by atoms with van der Waals surface area (Å²) in [5.41, 5.74) is 1.60. The highest BCUT2D eigenvalue weighted by Gasteiger charge is 2.30. The zero-order valence-corrected chi connectivity index (χ0v) is 15.7. The van der Waals surface area contributed by atoms with Crippen LogP contribution in [0.2, 0.25) is 5.02 Å². The summed E-state index contributed by atoms with van der Waals surface area (Å²) in [7, 11) is 0. The number of rotatable bonds is 4. The molecule has 1 fully saturated rings. The van der Waals surface area contributed by atoms with Gasteiger partial charge in [-0.3, -0.25) is 10.0 Å². The second kappa shape index (κ2) is 8.37. The molecule has 26 heavy (non-hydrogen) atoms.